The Kier molecular flexibility index (Phi) is 4.69. The van der Waals surface area contributed by atoms with Crippen molar-refractivity contribution in [2.45, 2.75) is 6.92 Å². The fourth-order valence-corrected chi connectivity index (χ4v) is 3.03. The van der Waals surface area contributed by atoms with E-state index in [1.807, 2.05) is 34.7 Å². The first-order valence-corrected chi connectivity index (χ1v) is 8.78. The van der Waals surface area contributed by atoms with Crippen LogP contribution in [0.5, 0.6) is 0 Å². The highest BCUT2D eigenvalue weighted by atomic mass is 16.3. The van der Waals surface area contributed by atoms with Gasteiger partial charge in [0, 0.05) is 50.7 Å². The number of piperazine rings is 1. The summed E-state index contributed by atoms with van der Waals surface area (Å²) < 4.78 is 7.07. The molecule has 27 heavy (non-hydrogen) atoms. The first-order chi connectivity index (χ1) is 13.2. The molecule has 0 N–H and O–H groups in total. The maximum atomic E-state index is 12.3. The lowest BCUT2D eigenvalue weighted by molar-refractivity contribution is -0.126. The zero-order chi connectivity index (χ0) is 18.6. The lowest BCUT2D eigenvalue weighted by atomic mass is 10.3. The largest absolute Gasteiger partial charge is 0.465 e. The minimum absolute atomic E-state index is 0.0102. The average Bonchev–Trinajstić information content (AvgIpc) is 3.39. The average molecular weight is 364 g/mol. The van der Waals surface area contributed by atoms with E-state index in [2.05, 4.69) is 19.9 Å². The molecule has 0 aliphatic carbocycles. The van der Waals surface area contributed by atoms with E-state index < -0.39 is 0 Å². The number of carbonyl (C=O) groups excluding carboxylic acids is 1. The number of rotatable bonds is 4. The van der Waals surface area contributed by atoms with Crippen molar-refractivity contribution < 1.29 is 9.21 Å². The number of imidazole rings is 1. The lowest BCUT2D eigenvalue weighted by Gasteiger charge is -2.35. The van der Waals surface area contributed by atoms with Gasteiger partial charge < -0.3 is 14.2 Å². The number of aryl methyl sites for hydroxylation is 1. The van der Waals surface area contributed by atoms with Crippen LogP contribution in [0, 0.1) is 6.92 Å². The zero-order valence-electron chi connectivity index (χ0n) is 15.0. The molecule has 3 aromatic rings. The SMILES string of the molecule is Cc1nc(N2CCN(C(=O)/C=C/c3ccco3)CC2)cc(-n2ccnc2)n1. The summed E-state index contributed by atoms with van der Waals surface area (Å²) in [5.74, 6) is 3.02. The predicted molar refractivity (Wildman–Crippen MR) is 100 cm³/mol. The summed E-state index contributed by atoms with van der Waals surface area (Å²) in [5, 5.41) is 0. The third kappa shape index (κ3) is 3.89. The molecule has 0 spiro atoms. The van der Waals surface area contributed by atoms with Crippen molar-refractivity contribution in [3.8, 4) is 5.82 Å². The van der Waals surface area contributed by atoms with Gasteiger partial charge in [0.1, 0.15) is 29.5 Å². The first kappa shape index (κ1) is 17.0. The van der Waals surface area contributed by atoms with Crippen LogP contribution in [-0.4, -0.2) is 56.5 Å². The van der Waals surface area contributed by atoms with Crippen LogP contribution in [0.15, 0.2) is 53.7 Å². The Morgan fingerprint density at radius 3 is 2.70 bits per heavy atom. The molecular formula is C19H20N6O2. The molecule has 1 amide bonds. The summed E-state index contributed by atoms with van der Waals surface area (Å²) in [7, 11) is 0. The zero-order valence-corrected chi connectivity index (χ0v) is 15.0. The maximum Gasteiger partial charge on any atom is 0.246 e. The fraction of sp³-hybridized carbons (Fsp3) is 0.263. The molecule has 1 aliphatic heterocycles. The molecule has 0 aromatic carbocycles. The van der Waals surface area contributed by atoms with Crippen molar-refractivity contribution in [2.24, 2.45) is 0 Å². The molecule has 1 fully saturated rings. The highest BCUT2D eigenvalue weighted by Crippen LogP contribution is 2.17. The monoisotopic (exact) mass is 364 g/mol. The van der Waals surface area contributed by atoms with E-state index in [0.29, 0.717) is 24.7 Å². The molecule has 4 heterocycles. The summed E-state index contributed by atoms with van der Waals surface area (Å²) in [4.78, 5) is 29.4. The molecule has 0 bridgehead atoms. The molecule has 4 rings (SSSR count). The highest BCUT2D eigenvalue weighted by molar-refractivity contribution is 5.91. The van der Waals surface area contributed by atoms with E-state index >= 15 is 0 Å². The number of carbonyl (C=O) groups is 1. The summed E-state index contributed by atoms with van der Waals surface area (Å²) in [6.45, 7) is 4.61. The van der Waals surface area contributed by atoms with Gasteiger partial charge in [-0.2, -0.15) is 0 Å². The molecule has 1 saturated heterocycles. The topological polar surface area (TPSA) is 80.3 Å². The van der Waals surface area contributed by atoms with Crippen LogP contribution in [0.25, 0.3) is 11.9 Å². The Hall–Kier alpha value is -3.42. The van der Waals surface area contributed by atoms with Gasteiger partial charge in [0.2, 0.25) is 5.91 Å². The minimum atomic E-state index is -0.0102. The summed E-state index contributed by atoms with van der Waals surface area (Å²) >= 11 is 0. The molecule has 0 radical (unpaired) electrons. The number of amides is 1. The van der Waals surface area contributed by atoms with Crippen molar-refractivity contribution in [2.75, 3.05) is 31.1 Å². The van der Waals surface area contributed by atoms with E-state index in [1.54, 1.807) is 37.0 Å². The third-order valence-electron chi connectivity index (χ3n) is 4.43. The Morgan fingerprint density at radius 1 is 1.19 bits per heavy atom. The van der Waals surface area contributed by atoms with Gasteiger partial charge in [-0.15, -0.1) is 0 Å². The number of nitrogens with zero attached hydrogens (tertiary/aromatic N) is 6. The van der Waals surface area contributed by atoms with E-state index in [1.165, 1.54) is 0 Å². The Labute approximate surface area is 156 Å². The predicted octanol–water partition coefficient (Wildman–Crippen LogP) is 1.93. The van der Waals surface area contributed by atoms with Crippen LogP contribution in [0.4, 0.5) is 5.82 Å². The summed E-state index contributed by atoms with van der Waals surface area (Å²) in [6, 6.07) is 5.56. The molecule has 0 saturated carbocycles. The molecule has 3 aromatic heterocycles. The van der Waals surface area contributed by atoms with Gasteiger partial charge in [-0.3, -0.25) is 9.36 Å². The maximum absolute atomic E-state index is 12.3. The fourth-order valence-electron chi connectivity index (χ4n) is 3.03. The second-order valence-corrected chi connectivity index (χ2v) is 6.26. The van der Waals surface area contributed by atoms with Crippen molar-refractivity contribution in [3.63, 3.8) is 0 Å². The van der Waals surface area contributed by atoms with E-state index in [9.17, 15) is 4.79 Å². The highest BCUT2D eigenvalue weighted by Gasteiger charge is 2.21. The van der Waals surface area contributed by atoms with Crippen LogP contribution in [0.2, 0.25) is 0 Å². The standard InChI is InChI=1S/C19H20N6O2/c1-15-21-17(13-18(22-15)25-7-6-20-14-25)23-8-10-24(11-9-23)19(26)5-4-16-3-2-12-27-16/h2-7,12-14H,8-11H2,1H3/b5-4+. The Bertz CT molecular complexity index is 925. The number of anilines is 1. The third-order valence-corrected chi connectivity index (χ3v) is 4.43. The van der Waals surface area contributed by atoms with Gasteiger partial charge in [0.15, 0.2) is 0 Å². The van der Waals surface area contributed by atoms with Crippen molar-refractivity contribution in [1.82, 2.24) is 24.4 Å². The number of aromatic nitrogens is 4. The van der Waals surface area contributed by atoms with Gasteiger partial charge in [0.05, 0.1) is 6.26 Å². The minimum Gasteiger partial charge on any atom is -0.465 e. The van der Waals surface area contributed by atoms with Crippen LogP contribution in [0.3, 0.4) is 0 Å². The number of hydrogen-bond donors (Lipinski definition) is 0. The summed E-state index contributed by atoms with van der Waals surface area (Å²) in [6.07, 6.45) is 10.1. The molecule has 8 nitrogen and oxygen atoms in total. The molecule has 8 heteroatoms. The van der Waals surface area contributed by atoms with E-state index in [-0.39, 0.29) is 5.91 Å². The van der Waals surface area contributed by atoms with Crippen molar-refractivity contribution >= 4 is 17.8 Å². The van der Waals surface area contributed by atoms with Gasteiger partial charge >= 0.3 is 0 Å². The molecular weight excluding hydrogens is 344 g/mol. The van der Waals surface area contributed by atoms with Crippen molar-refractivity contribution in [3.05, 3.63) is 60.8 Å². The molecule has 138 valence electrons. The van der Waals surface area contributed by atoms with E-state index in [4.69, 9.17) is 4.42 Å². The summed E-state index contributed by atoms with van der Waals surface area (Å²) in [5.41, 5.74) is 0. The Balaban J connectivity index is 1.41. The van der Waals surface area contributed by atoms with Gasteiger partial charge in [-0.05, 0) is 25.1 Å². The second-order valence-electron chi connectivity index (χ2n) is 6.26. The van der Waals surface area contributed by atoms with Gasteiger partial charge in [0.25, 0.3) is 0 Å². The number of hydrogen-bond acceptors (Lipinski definition) is 6. The molecule has 1 aliphatic rings. The van der Waals surface area contributed by atoms with Gasteiger partial charge in [-0.1, -0.05) is 0 Å². The van der Waals surface area contributed by atoms with Crippen molar-refractivity contribution in [1.29, 1.82) is 0 Å². The van der Waals surface area contributed by atoms with Crippen LogP contribution in [-0.2, 0) is 4.79 Å². The Morgan fingerprint density at radius 2 is 2.00 bits per heavy atom. The van der Waals surface area contributed by atoms with E-state index in [0.717, 1.165) is 24.7 Å². The van der Waals surface area contributed by atoms with Crippen LogP contribution in [0.1, 0.15) is 11.6 Å². The smallest absolute Gasteiger partial charge is 0.246 e. The lowest BCUT2D eigenvalue weighted by Crippen LogP contribution is -2.48. The van der Waals surface area contributed by atoms with Gasteiger partial charge in [-0.25, -0.2) is 15.0 Å². The molecule has 0 atom stereocenters. The number of furan rings is 1. The van der Waals surface area contributed by atoms with Crippen LogP contribution >= 0.6 is 0 Å². The quantitative estimate of drug-likeness (QED) is 0.658. The normalized spacial score (nSPS) is 14.9. The molecule has 0 unspecified atom stereocenters. The first-order valence-electron chi connectivity index (χ1n) is 8.78. The second kappa shape index (κ2) is 7.45. The van der Waals surface area contributed by atoms with Crippen LogP contribution < -0.4 is 4.90 Å².